The predicted molar refractivity (Wildman–Crippen MR) is 121 cm³/mol. The van der Waals surface area contributed by atoms with E-state index in [2.05, 4.69) is 20.3 Å². The summed E-state index contributed by atoms with van der Waals surface area (Å²) < 4.78 is 64.6. The lowest BCUT2D eigenvalue weighted by Crippen LogP contribution is -2.23. The van der Waals surface area contributed by atoms with Crippen molar-refractivity contribution in [1.82, 2.24) is 15.0 Å². The number of aromatic nitrogens is 3. The van der Waals surface area contributed by atoms with Gasteiger partial charge in [0.15, 0.2) is 5.65 Å². The lowest BCUT2D eigenvalue weighted by molar-refractivity contribution is 0.146. The molecule has 176 valence electrons. The predicted octanol–water partition coefficient (Wildman–Crippen LogP) is 5.18. The number of nitrogens with zero attached hydrogens (tertiary/aromatic N) is 3. The third kappa shape index (κ3) is 4.80. The average molecular weight is 479 g/mol. The van der Waals surface area contributed by atoms with Crippen molar-refractivity contribution in [3.63, 3.8) is 0 Å². The van der Waals surface area contributed by atoms with E-state index in [-0.39, 0.29) is 23.0 Å². The zero-order valence-corrected chi connectivity index (χ0v) is 19.4. The zero-order chi connectivity index (χ0) is 23.9. The van der Waals surface area contributed by atoms with Crippen LogP contribution in [0.5, 0.6) is 0 Å². The van der Waals surface area contributed by atoms with E-state index in [0.29, 0.717) is 35.5 Å². The van der Waals surface area contributed by atoms with E-state index >= 15 is 0 Å². The molecule has 0 bridgehead atoms. The zero-order valence-electron chi connectivity index (χ0n) is 18.6. The van der Waals surface area contributed by atoms with Crippen LogP contribution < -0.4 is 5.32 Å². The molecule has 3 aromatic rings. The monoisotopic (exact) mass is 478 g/mol. The summed E-state index contributed by atoms with van der Waals surface area (Å²) in [6.45, 7) is 5.26. The van der Waals surface area contributed by atoms with Crippen molar-refractivity contribution in [2.24, 2.45) is 0 Å². The number of rotatable bonds is 5. The van der Waals surface area contributed by atoms with E-state index in [1.165, 1.54) is 12.1 Å². The molecule has 0 radical (unpaired) electrons. The van der Waals surface area contributed by atoms with Gasteiger partial charge in [-0.3, -0.25) is 0 Å². The Kier molecular flexibility index (Phi) is 6.30. The molecule has 1 aliphatic rings. The van der Waals surface area contributed by atoms with E-state index in [9.17, 15) is 21.6 Å². The molecule has 1 aromatic carbocycles. The standard InChI is InChI=1S/C23H25F3N4O2S/c1-12(16-5-4-6-17(20(16)24)21(25)26)27-22-19-11-18(15-7-9-33(31,32)10-8-15)13(2)28-23(19)30-14(3)29-22/h4-6,11-12,15,21H,7-10H2,1-3H3,(H,27,28,29,30)/t12-/m1/s1. The summed E-state index contributed by atoms with van der Waals surface area (Å²) in [5.41, 5.74) is 1.64. The molecule has 0 saturated carbocycles. The molecular formula is C23H25F3N4O2S. The Labute approximate surface area is 190 Å². The number of alkyl halides is 2. The number of anilines is 1. The lowest BCUT2D eigenvalue weighted by Gasteiger charge is -2.24. The van der Waals surface area contributed by atoms with Crippen LogP contribution in [-0.4, -0.2) is 34.9 Å². The fourth-order valence-corrected chi connectivity index (χ4v) is 5.84. The van der Waals surface area contributed by atoms with Gasteiger partial charge in [0, 0.05) is 11.3 Å². The molecule has 0 unspecified atom stereocenters. The number of halogens is 3. The Bertz CT molecular complexity index is 1300. The van der Waals surface area contributed by atoms with Crippen LogP contribution in [0.25, 0.3) is 11.0 Å². The highest BCUT2D eigenvalue weighted by atomic mass is 32.2. The maximum absolute atomic E-state index is 14.7. The van der Waals surface area contributed by atoms with Gasteiger partial charge in [0.2, 0.25) is 0 Å². The molecule has 2 aromatic heterocycles. The van der Waals surface area contributed by atoms with Gasteiger partial charge in [-0.15, -0.1) is 0 Å². The number of fused-ring (bicyclic) bond motifs is 1. The largest absolute Gasteiger partial charge is 0.363 e. The first-order valence-electron chi connectivity index (χ1n) is 10.7. The minimum absolute atomic E-state index is 0.0529. The molecule has 10 heteroatoms. The Morgan fingerprint density at radius 1 is 1.06 bits per heavy atom. The van der Waals surface area contributed by atoms with Crippen molar-refractivity contribution in [3.8, 4) is 0 Å². The maximum atomic E-state index is 14.7. The van der Waals surface area contributed by atoms with Crippen molar-refractivity contribution in [1.29, 1.82) is 0 Å². The van der Waals surface area contributed by atoms with Crippen molar-refractivity contribution in [2.75, 3.05) is 16.8 Å². The second kappa shape index (κ2) is 8.89. The van der Waals surface area contributed by atoms with Gasteiger partial charge >= 0.3 is 0 Å². The van der Waals surface area contributed by atoms with Crippen LogP contribution in [0.3, 0.4) is 0 Å². The Balaban J connectivity index is 1.73. The fourth-order valence-electron chi connectivity index (χ4n) is 4.35. The van der Waals surface area contributed by atoms with Gasteiger partial charge in [-0.25, -0.2) is 36.5 Å². The van der Waals surface area contributed by atoms with Gasteiger partial charge in [0.25, 0.3) is 6.43 Å². The number of hydrogen-bond donors (Lipinski definition) is 1. The van der Waals surface area contributed by atoms with Crippen molar-refractivity contribution in [2.45, 2.75) is 52.0 Å². The molecule has 33 heavy (non-hydrogen) atoms. The molecule has 1 N–H and O–H groups in total. The second-order valence-electron chi connectivity index (χ2n) is 8.50. The third-order valence-electron chi connectivity index (χ3n) is 6.14. The molecule has 6 nitrogen and oxygen atoms in total. The summed E-state index contributed by atoms with van der Waals surface area (Å²) in [7, 11) is -3.00. The van der Waals surface area contributed by atoms with Crippen LogP contribution >= 0.6 is 0 Å². The van der Waals surface area contributed by atoms with Crippen molar-refractivity contribution >= 4 is 26.7 Å². The summed E-state index contributed by atoms with van der Waals surface area (Å²) in [6.07, 6.45) is -1.87. The van der Waals surface area contributed by atoms with E-state index < -0.39 is 33.7 Å². The number of hydrogen-bond acceptors (Lipinski definition) is 6. The minimum atomic E-state index is -3.00. The number of nitrogens with one attached hydrogen (secondary N) is 1. The summed E-state index contributed by atoms with van der Waals surface area (Å²) in [5.74, 6) is 0.271. The van der Waals surface area contributed by atoms with Gasteiger partial charge in [0.05, 0.1) is 28.5 Å². The molecule has 1 saturated heterocycles. The highest BCUT2D eigenvalue weighted by molar-refractivity contribution is 7.91. The summed E-state index contributed by atoms with van der Waals surface area (Å²) in [6, 6.07) is 5.21. The number of pyridine rings is 1. The summed E-state index contributed by atoms with van der Waals surface area (Å²) >= 11 is 0. The molecule has 0 aliphatic carbocycles. The van der Waals surface area contributed by atoms with E-state index in [4.69, 9.17) is 0 Å². The Hall–Kier alpha value is -2.75. The Morgan fingerprint density at radius 3 is 2.39 bits per heavy atom. The Morgan fingerprint density at radius 2 is 1.73 bits per heavy atom. The summed E-state index contributed by atoms with van der Waals surface area (Å²) in [5, 5.41) is 3.76. The topological polar surface area (TPSA) is 84.8 Å². The number of aryl methyl sites for hydroxylation is 2. The molecular weight excluding hydrogens is 453 g/mol. The van der Waals surface area contributed by atoms with Gasteiger partial charge in [0.1, 0.15) is 27.3 Å². The van der Waals surface area contributed by atoms with Crippen LogP contribution in [0.2, 0.25) is 0 Å². The molecule has 4 rings (SSSR count). The minimum Gasteiger partial charge on any atom is -0.363 e. The molecule has 1 fully saturated rings. The lowest BCUT2D eigenvalue weighted by atomic mass is 9.91. The quantitative estimate of drug-likeness (QED) is 0.544. The molecule has 3 heterocycles. The maximum Gasteiger partial charge on any atom is 0.266 e. The number of benzene rings is 1. The van der Waals surface area contributed by atoms with Crippen LogP contribution in [-0.2, 0) is 9.84 Å². The molecule has 1 aliphatic heterocycles. The first-order chi connectivity index (χ1) is 15.6. The normalized spacial score (nSPS) is 17.4. The molecule has 0 spiro atoms. The van der Waals surface area contributed by atoms with Crippen molar-refractivity contribution in [3.05, 3.63) is 58.3 Å². The van der Waals surface area contributed by atoms with E-state index in [0.717, 1.165) is 17.3 Å². The fraction of sp³-hybridized carbons (Fsp3) is 0.435. The average Bonchev–Trinajstić information content (AvgIpc) is 2.73. The highest BCUT2D eigenvalue weighted by Gasteiger charge is 2.27. The van der Waals surface area contributed by atoms with Crippen LogP contribution in [0.4, 0.5) is 19.0 Å². The second-order valence-corrected chi connectivity index (χ2v) is 10.8. The SMILES string of the molecule is Cc1nc(N[C@H](C)c2cccc(C(F)F)c2F)c2cc(C3CCS(=O)(=O)CC3)c(C)nc2n1. The van der Waals surface area contributed by atoms with Crippen LogP contribution in [0.1, 0.15) is 66.4 Å². The highest BCUT2D eigenvalue weighted by Crippen LogP contribution is 2.35. The molecule has 1 atom stereocenters. The van der Waals surface area contributed by atoms with Crippen LogP contribution in [0.15, 0.2) is 24.3 Å². The van der Waals surface area contributed by atoms with Crippen molar-refractivity contribution < 1.29 is 21.6 Å². The third-order valence-corrected chi connectivity index (χ3v) is 7.85. The van der Waals surface area contributed by atoms with Gasteiger partial charge in [-0.05, 0) is 51.2 Å². The van der Waals surface area contributed by atoms with Crippen LogP contribution in [0, 0.1) is 19.7 Å². The van der Waals surface area contributed by atoms with E-state index in [1.54, 1.807) is 13.8 Å². The molecule has 0 amide bonds. The van der Waals surface area contributed by atoms with E-state index in [1.807, 2.05) is 13.0 Å². The first kappa shape index (κ1) is 23.4. The summed E-state index contributed by atoms with van der Waals surface area (Å²) in [4.78, 5) is 13.5. The number of sulfone groups is 1. The van der Waals surface area contributed by atoms with Gasteiger partial charge in [-0.1, -0.05) is 18.2 Å². The van der Waals surface area contributed by atoms with Gasteiger partial charge < -0.3 is 5.32 Å². The smallest absolute Gasteiger partial charge is 0.266 e. The first-order valence-corrected chi connectivity index (χ1v) is 12.6. The van der Waals surface area contributed by atoms with Gasteiger partial charge in [-0.2, -0.15) is 0 Å².